The Bertz CT molecular complexity index is 344. The van der Waals surface area contributed by atoms with Gasteiger partial charge >= 0.3 is 0 Å². The van der Waals surface area contributed by atoms with E-state index < -0.39 is 0 Å². The van der Waals surface area contributed by atoms with Crippen molar-refractivity contribution >= 4 is 0 Å². The summed E-state index contributed by atoms with van der Waals surface area (Å²) in [5.41, 5.74) is 2.69. The first-order valence-electron chi connectivity index (χ1n) is 10.1. The van der Waals surface area contributed by atoms with Gasteiger partial charge in [0.05, 0.1) is 13.2 Å². The van der Waals surface area contributed by atoms with E-state index in [-0.39, 0.29) is 5.41 Å². The van der Waals surface area contributed by atoms with E-state index in [1.54, 1.807) is 0 Å². The van der Waals surface area contributed by atoms with Gasteiger partial charge in [-0.3, -0.25) is 0 Å². The first kappa shape index (κ1) is 24.1. The molecule has 0 unspecified atom stereocenters. The van der Waals surface area contributed by atoms with Crippen LogP contribution in [0, 0.1) is 5.41 Å². The molecule has 0 rings (SSSR count). The van der Waals surface area contributed by atoms with Gasteiger partial charge in [-0.2, -0.15) is 0 Å². The summed E-state index contributed by atoms with van der Waals surface area (Å²) in [5.74, 6) is 0. The zero-order chi connectivity index (χ0) is 19.0. The van der Waals surface area contributed by atoms with Gasteiger partial charge in [0.15, 0.2) is 0 Å². The highest BCUT2D eigenvalue weighted by atomic mass is 16.5. The molecule has 0 aliphatic heterocycles. The minimum Gasteiger partial charge on any atom is -0.381 e. The summed E-state index contributed by atoms with van der Waals surface area (Å²) in [6.07, 6.45) is 11.6. The highest BCUT2D eigenvalue weighted by Gasteiger charge is 2.28. The summed E-state index contributed by atoms with van der Waals surface area (Å²) < 4.78 is 12.1. The Hall–Kier alpha value is -0.860. The molecule has 0 saturated carbocycles. The Labute approximate surface area is 157 Å². The van der Waals surface area contributed by atoms with Gasteiger partial charge in [-0.15, -0.1) is 6.58 Å². The van der Waals surface area contributed by atoms with E-state index in [1.807, 2.05) is 6.08 Å². The van der Waals surface area contributed by atoms with E-state index in [1.165, 1.54) is 11.1 Å². The maximum atomic E-state index is 6.03. The average molecular weight is 351 g/mol. The van der Waals surface area contributed by atoms with Gasteiger partial charge in [0.2, 0.25) is 0 Å². The average Bonchev–Trinajstić information content (AvgIpc) is 2.61. The maximum Gasteiger partial charge on any atom is 0.0547 e. The van der Waals surface area contributed by atoms with Crippen LogP contribution in [0.2, 0.25) is 0 Å². The summed E-state index contributed by atoms with van der Waals surface area (Å²) in [5, 5.41) is 0. The van der Waals surface area contributed by atoms with Crippen molar-refractivity contribution in [3.63, 3.8) is 0 Å². The summed E-state index contributed by atoms with van der Waals surface area (Å²) in [6, 6.07) is 0. The van der Waals surface area contributed by atoms with Gasteiger partial charge in [-0.25, -0.2) is 0 Å². The van der Waals surface area contributed by atoms with Crippen molar-refractivity contribution in [2.75, 3.05) is 26.4 Å². The molecule has 0 aromatic rings. The highest BCUT2D eigenvalue weighted by molar-refractivity contribution is 4.92. The Morgan fingerprint density at radius 2 is 1.36 bits per heavy atom. The minimum absolute atomic E-state index is 0.0695. The molecule has 25 heavy (non-hydrogen) atoms. The van der Waals surface area contributed by atoms with E-state index in [0.29, 0.717) is 0 Å². The second-order valence-electron chi connectivity index (χ2n) is 7.26. The zero-order valence-corrected chi connectivity index (χ0v) is 17.2. The fraction of sp³-hybridized carbons (Fsp3) is 0.739. The molecule has 0 aliphatic rings. The monoisotopic (exact) mass is 350 g/mol. The molecule has 0 heterocycles. The largest absolute Gasteiger partial charge is 0.381 e. The normalized spacial score (nSPS) is 11.5. The van der Waals surface area contributed by atoms with E-state index in [2.05, 4.69) is 40.5 Å². The zero-order valence-electron chi connectivity index (χ0n) is 17.2. The van der Waals surface area contributed by atoms with Gasteiger partial charge in [0.25, 0.3) is 0 Å². The molecule has 0 saturated heterocycles. The Morgan fingerprint density at radius 1 is 0.880 bits per heavy atom. The van der Waals surface area contributed by atoms with Crippen LogP contribution in [-0.2, 0) is 9.47 Å². The van der Waals surface area contributed by atoms with Crippen LogP contribution >= 0.6 is 0 Å². The van der Waals surface area contributed by atoms with Crippen LogP contribution in [0.25, 0.3) is 0 Å². The Morgan fingerprint density at radius 3 is 1.72 bits per heavy atom. The summed E-state index contributed by atoms with van der Waals surface area (Å²) in [7, 11) is 0. The van der Waals surface area contributed by atoms with Gasteiger partial charge in [-0.05, 0) is 51.4 Å². The molecule has 0 radical (unpaired) electrons. The topological polar surface area (TPSA) is 18.5 Å². The predicted octanol–water partition coefficient (Wildman–Crippen LogP) is 6.88. The van der Waals surface area contributed by atoms with E-state index in [0.717, 1.165) is 84.2 Å². The fourth-order valence-corrected chi connectivity index (χ4v) is 3.02. The molecule has 0 amide bonds. The van der Waals surface area contributed by atoms with Crippen LogP contribution in [0.5, 0.6) is 0 Å². The fourth-order valence-electron chi connectivity index (χ4n) is 3.02. The van der Waals surface area contributed by atoms with Crippen molar-refractivity contribution in [1.29, 1.82) is 0 Å². The lowest BCUT2D eigenvalue weighted by Gasteiger charge is -2.32. The van der Waals surface area contributed by atoms with Gasteiger partial charge in [0, 0.05) is 18.6 Å². The molecule has 0 spiro atoms. The molecule has 146 valence electrons. The standard InChI is InChI=1S/C23H42O2/c1-7-15-23(16-8-2,19-24-17-11-13-21(5)9-3)20-25-18-12-14-22(6)10-4/h7H,1,5-6,8-20H2,2-4H3. The SMILES string of the molecule is C=CCC(CCC)(COCCCC(=C)CC)COCCCC(=C)CC. The van der Waals surface area contributed by atoms with Crippen molar-refractivity contribution in [2.24, 2.45) is 5.41 Å². The summed E-state index contributed by atoms with van der Waals surface area (Å²) in [4.78, 5) is 0. The van der Waals surface area contributed by atoms with Crippen molar-refractivity contribution in [3.8, 4) is 0 Å². The molecule has 0 atom stereocenters. The lowest BCUT2D eigenvalue weighted by molar-refractivity contribution is -0.0274. The second kappa shape index (κ2) is 15.4. The number of hydrogen-bond donors (Lipinski definition) is 0. The second-order valence-corrected chi connectivity index (χ2v) is 7.26. The first-order chi connectivity index (χ1) is 12.0. The molecule has 0 fully saturated rings. The van der Waals surface area contributed by atoms with Gasteiger partial charge in [0.1, 0.15) is 0 Å². The van der Waals surface area contributed by atoms with Crippen LogP contribution in [0.3, 0.4) is 0 Å². The molecule has 0 N–H and O–H groups in total. The lowest BCUT2D eigenvalue weighted by Crippen LogP contribution is -2.32. The molecular formula is C23H42O2. The van der Waals surface area contributed by atoms with E-state index in [4.69, 9.17) is 9.47 Å². The quantitative estimate of drug-likeness (QED) is 0.198. The third-order valence-corrected chi connectivity index (χ3v) is 4.81. The smallest absolute Gasteiger partial charge is 0.0547 e. The number of allylic oxidation sites excluding steroid dienone is 3. The number of ether oxygens (including phenoxy) is 2. The van der Waals surface area contributed by atoms with Crippen molar-refractivity contribution in [2.45, 2.75) is 78.6 Å². The Balaban J connectivity index is 4.29. The van der Waals surface area contributed by atoms with Crippen molar-refractivity contribution < 1.29 is 9.47 Å². The van der Waals surface area contributed by atoms with E-state index >= 15 is 0 Å². The molecule has 0 aromatic carbocycles. The molecule has 0 bridgehead atoms. The molecule has 0 aromatic heterocycles. The Kier molecular flexibility index (Phi) is 14.9. The van der Waals surface area contributed by atoms with Crippen molar-refractivity contribution in [1.82, 2.24) is 0 Å². The minimum atomic E-state index is 0.0695. The molecule has 2 nitrogen and oxygen atoms in total. The van der Waals surface area contributed by atoms with E-state index in [9.17, 15) is 0 Å². The van der Waals surface area contributed by atoms with Crippen LogP contribution in [0.1, 0.15) is 78.6 Å². The van der Waals surface area contributed by atoms with Crippen LogP contribution in [0.15, 0.2) is 37.0 Å². The molecule has 2 heteroatoms. The predicted molar refractivity (Wildman–Crippen MR) is 111 cm³/mol. The molecule has 0 aliphatic carbocycles. The van der Waals surface area contributed by atoms with Gasteiger partial charge in [-0.1, -0.05) is 57.6 Å². The first-order valence-corrected chi connectivity index (χ1v) is 10.1. The maximum absolute atomic E-state index is 6.03. The van der Waals surface area contributed by atoms with Crippen molar-refractivity contribution in [3.05, 3.63) is 37.0 Å². The van der Waals surface area contributed by atoms with Gasteiger partial charge < -0.3 is 9.47 Å². The third-order valence-electron chi connectivity index (χ3n) is 4.81. The summed E-state index contributed by atoms with van der Waals surface area (Å²) in [6.45, 7) is 21.7. The van der Waals surface area contributed by atoms with Crippen LogP contribution < -0.4 is 0 Å². The molecular weight excluding hydrogens is 308 g/mol. The highest BCUT2D eigenvalue weighted by Crippen LogP contribution is 2.30. The third kappa shape index (κ3) is 12.2. The number of rotatable bonds is 18. The van der Waals surface area contributed by atoms with Crippen LogP contribution in [0.4, 0.5) is 0 Å². The van der Waals surface area contributed by atoms with Crippen LogP contribution in [-0.4, -0.2) is 26.4 Å². The summed E-state index contributed by atoms with van der Waals surface area (Å²) >= 11 is 0. The number of hydrogen-bond acceptors (Lipinski definition) is 2. The lowest BCUT2D eigenvalue weighted by atomic mass is 9.81.